The Morgan fingerprint density at radius 3 is 1.71 bits per heavy atom. The number of anilines is 1. The lowest BCUT2D eigenvalue weighted by Gasteiger charge is -2.30. The van der Waals surface area contributed by atoms with Crippen LogP contribution in [0.2, 0.25) is 0 Å². The molecule has 0 aliphatic carbocycles. The fourth-order valence-corrected chi connectivity index (χ4v) is 10.3. The first-order chi connectivity index (χ1) is 31.5. The minimum absolute atomic E-state index is 0.00213. The van der Waals surface area contributed by atoms with Gasteiger partial charge in [-0.2, -0.15) is 21.9 Å². The summed E-state index contributed by atoms with van der Waals surface area (Å²) in [5.41, 5.74) is 4.65. The average molecular weight is 1000 g/mol. The first-order valence-electron chi connectivity index (χ1n) is 25.1. The summed E-state index contributed by atoms with van der Waals surface area (Å²) in [7, 11) is -11.0. The van der Waals surface area contributed by atoms with Gasteiger partial charge in [0.15, 0.2) is 17.8 Å². The number of thiol groups is 1. The van der Waals surface area contributed by atoms with Gasteiger partial charge < -0.3 is 44.5 Å². The molecule has 20 heteroatoms. The van der Waals surface area contributed by atoms with Crippen LogP contribution in [0, 0.1) is 5.92 Å². The Balaban J connectivity index is 2.05. The van der Waals surface area contributed by atoms with Gasteiger partial charge in [-0.25, -0.2) is 13.9 Å². The van der Waals surface area contributed by atoms with E-state index >= 15 is 0 Å². The monoisotopic (exact) mass is 1000 g/mol. The van der Waals surface area contributed by atoms with E-state index in [9.17, 15) is 33.8 Å². The van der Waals surface area contributed by atoms with Crippen LogP contribution in [0.3, 0.4) is 0 Å². The summed E-state index contributed by atoms with van der Waals surface area (Å²) >= 11 is 4.94. The first kappa shape index (κ1) is 60.6. The Labute approximate surface area is 400 Å². The van der Waals surface area contributed by atoms with E-state index in [4.69, 9.17) is 46.9 Å². The number of aliphatic hydroxyl groups excluding tert-OH is 2. The molecule has 0 amide bonds. The maximum absolute atomic E-state index is 13.3. The van der Waals surface area contributed by atoms with Crippen molar-refractivity contribution >= 4 is 40.1 Å². The van der Waals surface area contributed by atoms with Crippen molar-refractivity contribution in [2.75, 3.05) is 18.9 Å². The van der Waals surface area contributed by atoms with Crippen LogP contribution in [0.1, 0.15) is 213 Å². The second-order valence-corrected chi connectivity index (χ2v) is 21.6. The third kappa shape index (κ3) is 25.9. The number of nitrogen functional groups attached to an aromatic ring is 1. The molecule has 1 fully saturated rings. The van der Waals surface area contributed by atoms with Crippen LogP contribution in [0.15, 0.2) is 11.0 Å². The molecule has 1 aliphatic rings. The Morgan fingerprint density at radius 1 is 0.803 bits per heavy atom. The normalized spacial score (nSPS) is 20.0. The molecule has 17 nitrogen and oxygen atoms in total. The van der Waals surface area contributed by atoms with Gasteiger partial charge in [-0.05, 0) is 18.8 Å². The van der Waals surface area contributed by atoms with Gasteiger partial charge >= 0.3 is 27.3 Å². The van der Waals surface area contributed by atoms with Crippen LogP contribution in [0.4, 0.5) is 5.82 Å². The van der Waals surface area contributed by atoms with Crippen LogP contribution in [-0.2, 0) is 32.4 Å². The number of carbonyl (C=O) groups excluding carboxylic acids is 1. The molecule has 8 atom stereocenters. The van der Waals surface area contributed by atoms with Crippen LogP contribution in [-0.4, -0.2) is 83.3 Å². The van der Waals surface area contributed by atoms with Crippen LogP contribution in [0.25, 0.3) is 0 Å². The largest absolute Gasteiger partial charge is 0.536 e. The summed E-state index contributed by atoms with van der Waals surface area (Å²) in [4.78, 5) is 58.0. The molecular formula is C46H87N3O14P2S. The van der Waals surface area contributed by atoms with Crippen molar-refractivity contribution in [2.45, 2.75) is 243 Å². The number of phosphoric ester groups is 1. The standard InChI is InChI=1S/C46H87N3O14P2S/c1-4-6-8-10-12-14-16-18-20-21-23-25-27-29-31-36(3)43(66)39(60-40(51)32-30-28-26-24-22-19-17-15-13-11-9-7-5-2)35-59-42-41(52)38(34-50)61-45(42)49-33-37(44(47)48-46(49)53)62-65(57,58)63-64(54,55)56/h33,36,38-39,41-43,45,50,52,66H,4-32,34-35H2,1-3H3,(H,57,58)(H2,47,48,53)(H2,54,55,56)/t36?,38-,39?,41-,42+,43?,45-/m1/s1. The number of carbonyl (C=O) groups is 1. The number of nitrogens with zero attached hydrogens (tertiary/aromatic N) is 2. The Morgan fingerprint density at radius 2 is 1.26 bits per heavy atom. The number of aliphatic hydroxyl groups is 2. The third-order valence-electron chi connectivity index (χ3n) is 12.3. The Hall–Kier alpha value is -1.56. The second kappa shape index (κ2) is 34.7. The molecule has 0 radical (unpaired) electrons. The fraction of sp³-hybridized carbons (Fsp3) is 0.891. The molecule has 2 heterocycles. The molecule has 386 valence electrons. The highest BCUT2D eigenvalue weighted by Gasteiger charge is 2.47. The van der Waals surface area contributed by atoms with Crippen LogP contribution >= 0.6 is 28.3 Å². The maximum Gasteiger partial charge on any atom is 0.536 e. The zero-order valence-corrected chi connectivity index (χ0v) is 42.9. The minimum Gasteiger partial charge on any atom is -0.459 e. The van der Waals surface area contributed by atoms with Crippen molar-refractivity contribution in [1.29, 1.82) is 0 Å². The van der Waals surface area contributed by atoms with Gasteiger partial charge in [0.2, 0.25) is 0 Å². The van der Waals surface area contributed by atoms with E-state index < -0.39 is 81.4 Å². The van der Waals surface area contributed by atoms with Gasteiger partial charge in [0, 0.05) is 11.7 Å². The molecule has 0 bridgehead atoms. The molecule has 1 saturated heterocycles. The van der Waals surface area contributed by atoms with Crippen molar-refractivity contribution < 1.29 is 61.9 Å². The molecule has 1 aromatic rings. The number of hydrogen-bond acceptors (Lipinski definition) is 14. The van der Waals surface area contributed by atoms with E-state index in [0.29, 0.717) is 6.42 Å². The second-order valence-electron chi connectivity index (χ2n) is 18.2. The lowest BCUT2D eigenvalue weighted by molar-refractivity contribution is -0.157. The van der Waals surface area contributed by atoms with E-state index in [1.807, 2.05) is 6.92 Å². The molecule has 0 spiro atoms. The number of phosphoric acid groups is 2. The average Bonchev–Trinajstić information content (AvgIpc) is 3.57. The summed E-state index contributed by atoms with van der Waals surface area (Å²) in [5, 5.41) is 20.8. The van der Waals surface area contributed by atoms with Crippen molar-refractivity contribution in [2.24, 2.45) is 5.92 Å². The van der Waals surface area contributed by atoms with Crippen molar-refractivity contribution in [3.63, 3.8) is 0 Å². The van der Waals surface area contributed by atoms with E-state index in [1.165, 1.54) is 128 Å². The Kier molecular flexibility index (Phi) is 31.8. The minimum atomic E-state index is -5.51. The summed E-state index contributed by atoms with van der Waals surface area (Å²) in [6, 6.07) is 0. The van der Waals surface area contributed by atoms with Gasteiger partial charge in [-0.15, -0.1) is 0 Å². The first-order valence-corrected chi connectivity index (χ1v) is 28.7. The number of unbranched alkanes of at least 4 members (excludes halogenated alkanes) is 25. The predicted molar refractivity (Wildman–Crippen MR) is 260 cm³/mol. The molecule has 0 aromatic carbocycles. The quantitative estimate of drug-likeness (QED) is 0.0139. The summed E-state index contributed by atoms with van der Waals surface area (Å²) in [6.07, 6.45) is 28.0. The highest BCUT2D eigenvalue weighted by molar-refractivity contribution is 7.81. The molecule has 0 saturated carbocycles. The molecule has 1 aromatic heterocycles. The van der Waals surface area contributed by atoms with Crippen LogP contribution < -0.4 is 15.9 Å². The number of esters is 1. The predicted octanol–water partition coefficient (Wildman–Crippen LogP) is 10.2. The molecule has 66 heavy (non-hydrogen) atoms. The fourth-order valence-electron chi connectivity index (χ4n) is 8.39. The summed E-state index contributed by atoms with van der Waals surface area (Å²) < 4.78 is 50.9. The van der Waals surface area contributed by atoms with Gasteiger partial charge in [-0.1, -0.05) is 188 Å². The number of hydrogen-bond donors (Lipinski definition) is 7. The highest BCUT2D eigenvalue weighted by atomic mass is 32.1. The molecule has 4 unspecified atom stereocenters. The topological polar surface area (TPSA) is 259 Å². The third-order valence-corrected chi connectivity index (χ3v) is 15.3. The van der Waals surface area contributed by atoms with Gasteiger partial charge in [0.05, 0.1) is 19.4 Å². The lowest BCUT2D eigenvalue weighted by atomic mass is 9.95. The van der Waals surface area contributed by atoms with Crippen molar-refractivity contribution in [1.82, 2.24) is 9.55 Å². The lowest BCUT2D eigenvalue weighted by Crippen LogP contribution is -2.42. The molecular weight excluding hydrogens is 913 g/mol. The highest BCUT2D eigenvalue weighted by Crippen LogP contribution is 2.57. The van der Waals surface area contributed by atoms with Gasteiger partial charge in [0.1, 0.15) is 24.4 Å². The maximum atomic E-state index is 13.3. The SMILES string of the molecule is CCCCCCCCCCCCCCCCC(C)C(S)C(CO[C@H]1[C@H](O)[C@@H](CO)O[C@H]1n1cc(OP(=O)(O)OP(=O)(O)O)c(N)nc1=O)OC(=O)CCCCCCCCCCCCCCC. The molecule has 1 aliphatic heterocycles. The Bertz CT molecular complexity index is 1610. The zero-order valence-electron chi connectivity index (χ0n) is 40.3. The van der Waals surface area contributed by atoms with Gasteiger partial charge in [-0.3, -0.25) is 14.3 Å². The number of ether oxygens (including phenoxy) is 3. The van der Waals surface area contributed by atoms with Crippen molar-refractivity contribution in [3.8, 4) is 5.75 Å². The summed E-state index contributed by atoms with van der Waals surface area (Å²) in [6.45, 7) is 5.55. The van der Waals surface area contributed by atoms with E-state index in [2.05, 4.69) is 23.1 Å². The van der Waals surface area contributed by atoms with E-state index in [-0.39, 0.29) is 18.9 Å². The number of aromatic nitrogens is 2. The van der Waals surface area contributed by atoms with Crippen molar-refractivity contribution in [3.05, 3.63) is 16.7 Å². The molecule has 7 N–H and O–H groups in total. The van der Waals surface area contributed by atoms with E-state index in [1.54, 1.807) is 0 Å². The molecule has 2 rings (SSSR count). The smallest absolute Gasteiger partial charge is 0.459 e. The number of nitrogens with two attached hydrogens (primary N) is 1. The summed E-state index contributed by atoms with van der Waals surface area (Å²) in [5.74, 6) is -1.92. The van der Waals surface area contributed by atoms with Gasteiger partial charge in [0.25, 0.3) is 0 Å². The zero-order chi connectivity index (χ0) is 48.8. The van der Waals surface area contributed by atoms with E-state index in [0.717, 1.165) is 55.7 Å². The number of rotatable bonds is 41. The van der Waals surface area contributed by atoms with Crippen LogP contribution in [0.5, 0.6) is 5.75 Å².